The molecule has 0 aromatic carbocycles. The van der Waals surface area contributed by atoms with Gasteiger partial charge in [0.2, 0.25) is 11.8 Å². The largest absolute Gasteiger partial charge is 0.466 e. The van der Waals surface area contributed by atoms with Crippen molar-refractivity contribution in [2.45, 2.75) is 158 Å². The fourth-order valence-electron chi connectivity index (χ4n) is 6.16. The van der Waals surface area contributed by atoms with Crippen LogP contribution in [0.1, 0.15) is 66.2 Å². The van der Waals surface area contributed by atoms with Gasteiger partial charge in [-0.1, -0.05) is 25.7 Å². The monoisotopic (exact) mass is 740 g/mol. The zero-order valence-electron chi connectivity index (χ0n) is 29.4. The smallest absolute Gasteiger partial charge is 0.302 e. The molecule has 51 heavy (non-hydrogen) atoms. The Labute approximate surface area is 296 Å². The van der Waals surface area contributed by atoms with E-state index >= 15 is 0 Å². The number of unbranched alkanes of at least 4 members (excludes halogenated alkanes) is 5. The number of rotatable bonds is 18. The van der Waals surface area contributed by atoms with Crippen LogP contribution in [0.5, 0.6) is 0 Å². The van der Waals surface area contributed by atoms with E-state index in [0.29, 0.717) is 13.0 Å². The first-order valence-corrected chi connectivity index (χ1v) is 17.4. The first-order chi connectivity index (χ1) is 24.2. The van der Waals surface area contributed by atoms with Gasteiger partial charge in [-0.05, 0) is 19.8 Å². The van der Waals surface area contributed by atoms with Gasteiger partial charge in [0.25, 0.3) is 0 Å². The van der Waals surface area contributed by atoms with Gasteiger partial charge in [-0.15, -0.1) is 0 Å². The normalized spacial score (nSPS) is 38.5. The van der Waals surface area contributed by atoms with Gasteiger partial charge in [-0.2, -0.15) is 0 Å². The van der Waals surface area contributed by atoms with Gasteiger partial charge in [0, 0.05) is 27.4 Å². The van der Waals surface area contributed by atoms with Crippen molar-refractivity contribution in [1.82, 2.24) is 10.6 Å². The van der Waals surface area contributed by atoms with Crippen LogP contribution in [0.3, 0.4) is 0 Å². The standard InChI is InChI=1S/C32H56N2O17/c1-15-23(39)27(43)28(44)32(48-15)47-14-20-29(51-31-21(33-16(2)36)25(41)24(40)19(13-35)49-31)26(42)22(34-17(3)37)30(50-20)46-12-10-8-6-5-7-9-11-45-18(4)38/h15,19-32,35,39-44H,5-14H2,1-4H3,(H,33,36)(H,34,37)/t15-,19?,20?,21?,22?,23+,24-,25?,26?,27?,28?,29-,30-,31+,32+/m1/s1. The lowest BCUT2D eigenvalue weighted by Gasteiger charge is -2.48. The van der Waals surface area contributed by atoms with Gasteiger partial charge >= 0.3 is 5.97 Å². The molecule has 3 rings (SSSR count). The predicted octanol–water partition coefficient (Wildman–Crippen LogP) is -3.33. The van der Waals surface area contributed by atoms with Crippen molar-refractivity contribution in [1.29, 1.82) is 0 Å². The Morgan fingerprint density at radius 3 is 1.76 bits per heavy atom. The highest BCUT2D eigenvalue weighted by Gasteiger charge is 2.52. The average molecular weight is 741 g/mol. The third-order valence-electron chi connectivity index (χ3n) is 8.94. The Bertz CT molecular complexity index is 1090. The van der Waals surface area contributed by atoms with Crippen molar-refractivity contribution in [3.05, 3.63) is 0 Å². The molecule has 0 spiro atoms. The minimum Gasteiger partial charge on any atom is -0.466 e. The maximum absolute atomic E-state index is 12.3. The summed E-state index contributed by atoms with van der Waals surface area (Å²) in [6.45, 7) is 4.54. The summed E-state index contributed by atoms with van der Waals surface area (Å²) in [5.74, 6) is -1.47. The van der Waals surface area contributed by atoms with Gasteiger partial charge in [-0.25, -0.2) is 0 Å². The fourth-order valence-corrected chi connectivity index (χ4v) is 6.16. The van der Waals surface area contributed by atoms with Crippen LogP contribution in [0, 0.1) is 0 Å². The van der Waals surface area contributed by atoms with Crippen LogP contribution < -0.4 is 10.6 Å². The van der Waals surface area contributed by atoms with E-state index in [9.17, 15) is 50.1 Å². The van der Waals surface area contributed by atoms with Gasteiger partial charge in [-0.3, -0.25) is 14.4 Å². The van der Waals surface area contributed by atoms with Crippen LogP contribution in [0.25, 0.3) is 0 Å². The summed E-state index contributed by atoms with van der Waals surface area (Å²) in [5, 5.41) is 78.7. The molecule has 8 unspecified atom stereocenters. The molecular weight excluding hydrogens is 684 g/mol. The molecule has 0 aliphatic carbocycles. The van der Waals surface area contributed by atoms with Crippen molar-refractivity contribution in [2.75, 3.05) is 26.4 Å². The Morgan fingerprint density at radius 1 is 0.608 bits per heavy atom. The fraction of sp³-hybridized carbons (Fsp3) is 0.906. The maximum Gasteiger partial charge on any atom is 0.302 e. The summed E-state index contributed by atoms with van der Waals surface area (Å²) < 4.78 is 40.2. The molecule has 296 valence electrons. The van der Waals surface area contributed by atoms with Crippen molar-refractivity contribution < 1.29 is 83.3 Å². The molecule has 3 heterocycles. The number of ether oxygens (including phenoxy) is 7. The van der Waals surface area contributed by atoms with E-state index in [2.05, 4.69) is 10.6 Å². The molecule has 0 saturated carbocycles. The Kier molecular flexibility index (Phi) is 17.8. The van der Waals surface area contributed by atoms with Gasteiger partial charge in [0.05, 0.1) is 25.9 Å². The van der Waals surface area contributed by atoms with E-state index in [-0.39, 0.29) is 12.6 Å². The van der Waals surface area contributed by atoms with Gasteiger partial charge < -0.3 is 79.5 Å². The van der Waals surface area contributed by atoms with Gasteiger partial charge in [0.1, 0.15) is 67.0 Å². The minimum atomic E-state index is -1.67. The first kappa shape index (κ1) is 43.3. The van der Waals surface area contributed by atoms with E-state index in [1.165, 1.54) is 20.8 Å². The van der Waals surface area contributed by atoms with Crippen molar-refractivity contribution in [2.24, 2.45) is 0 Å². The van der Waals surface area contributed by atoms with Crippen LogP contribution >= 0.6 is 0 Å². The quantitative estimate of drug-likeness (QED) is 0.0491. The summed E-state index contributed by atoms with van der Waals surface area (Å²) in [7, 11) is 0. The number of amides is 2. The van der Waals surface area contributed by atoms with E-state index in [1.54, 1.807) is 0 Å². The highest BCUT2D eigenvalue weighted by atomic mass is 16.7. The molecule has 2 amide bonds. The first-order valence-electron chi connectivity index (χ1n) is 17.4. The Morgan fingerprint density at radius 2 is 1.18 bits per heavy atom. The van der Waals surface area contributed by atoms with E-state index in [1.807, 2.05) is 0 Å². The van der Waals surface area contributed by atoms with E-state index < -0.39 is 117 Å². The molecule has 3 saturated heterocycles. The third-order valence-corrected chi connectivity index (χ3v) is 8.94. The number of carbonyl (C=O) groups excluding carboxylic acids is 3. The number of esters is 1. The molecule has 19 nitrogen and oxygen atoms in total. The molecule has 0 aromatic heterocycles. The number of aliphatic hydroxyl groups excluding tert-OH is 7. The Balaban J connectivity index is 1.77. The topological polar surface area (TPSA) is 281 Å². The van der Waals surface area contributed by atoms with Crippen molar-refractivity contribution in [3.63, 3.8) is 0 Å². The summed E-state index contributed by atoms with van der Waals surface area (Å²) in [6.07, 6.45) is -14.0. The molecule has 0 bridgehead atoms. The van der Waals surface area contributed by atoms with Crippen LogP contribution in [-0.2, 0) is 47.5 Å². The number of hydrogen-bond acceptors (Lipinski definition) is 17. The molecule has 9 N–H and O–H groups in total. The maximum atomic E-state index is 12.3. The number of nitrogens with one attached hydrogen (secondary N) is 2. The highest BCUT2D eigenvalue weighted by molar-refractivity contribution is 5.73. The lowest BCUT2D eigenvalue weighted by Crippen LogP contribution is -2.69. The molecule has 0 radical (unpaired) electrons. The van der Waals surface area contributed by atoms with Crippen molar-refractivity contribution >= 4 is 17.8 Å². The van der Waals surface area contributed by atoms with Crippen molar-refractivity contribution in [3.8, 4) is 0 Å². The average Bonchev–Trinajstić information content (AvgIpc) is 3.07. The molecule has 3 aliphatic heterocycles. The van der Waals surface area contributed by atoms with E-state index in [0.717, 1.165) is 39.0 Å². The lowest BCUT2D eigenvalue weighted by atomic mass is 9.94. The summed E-state index contributed by atoms with van der Waals surface area (Å²) in [6, 6.07) is -2.60. The lowest BCUT2D eigenvalue weighted by molar-refractivity contribution is -0.344. The van der Waals surface area contributed by atoms with Crippen LogP contribution in [-0.4, -0.2) is 172 Å². The number of aliphatic hydroxyl groups is 7. The van der Waals surface area contributed by atoms with E-state index in [4.69, 9.17) is 33.2 Å². The molecule has 3 aliphatic rings. The second kappa shape index (κ2) is 21.0. The second-order valence-electron chi connectivity index (χ2n) is 13.1. The summed E-state index contributed by atoms with van der Waals surface area (Å²) in [4.78, 5) is 35.2. The summed E-state index contributed by atoms with van der Waals surface area (Å²) in [5.41, 5.74) is 0. The van der Waals surface area contributed by atoms with Crippen LogP contribution in [0.15, 0.2) is 0 Å². The zero-order valence-corrected chi connectivity index (χ0v) is 29.4. The number of hydrogen-bond donors (Lipinski definition) is 9. The SMILES string of the molecule is CC(=O)NC1C(O)[C@H](O)C(CO)O[C@H]1O[C@@H]1C(CO[C@H]2O[C@H](C)[C@H](O)C(O)C2O)O[C@@H](OCCCCCCCCOC(C)=O)C(NC(C)=O)C1O. The molecular formula is C32H56N2O17. The summed E-state index contributed by atoms with van der Waals surface area (Å²) >= 11 is 0. The highest BCUT2D eigenvalue weighted by Crippen LogP contribution is 2.31. The molecule has 0 aromatic rings. The predicted molar refractivity (Wildman–Crippen MR) is 171 cm³/mol. The third kappa shape index (κ3) is 12.5. The second-order valence-corrected chi connectivity index (χ2v) is 13.1. The zero-order chi connectivity index (χ0) is 37.8. The van der Waals surface area contributed by atoms with Crippen LogP contribution in [0.4, 0.5) is 0 Å². The molecule has 15 atom stereocenters. The number of carbonyl (C=O) groups is 3. The Hall–Kier alpha value is -2.11. The van der Waals surface area contributed by atoms with Crippen LogP contribution in [0.2, 0.25) is 0 Å². The minimum absolute atomic E-state index is 0.171. The molecule has 19 heteroatoms. The molecule has 3 fully saturated rings. The van der Waals surface area contributed by atoms with Gasteiger partial charge in [0.15, 0.2) is 18.9 Å².